The Labute approximate surface area is 193 Å². The van der Waals surface area contributed by atoms with Crippen LogP contribution < -0.4 is 10.6 Å². The molecule has 3 aromatic rings. The molecule has 1 unspecified atom stereocenters. The van der Waals surface area contributed by atoms with E-state index >= 15 is 0 Å². The highest BCUT2D eigenvalue weighted by Crippen LogP contribution is 2.41. The van der Waals surface area contributed by atoms with Crippen LogP contribution in [0.25, 0.3) is 0 Å². The first kappa shape index (κ1) is 21.2. The van der Waals surface area contributed by atoms with Gasteiger partial charge < -0.3 is 10.5 Å². The number of fused-ring (bicyclic) bond motifs is 2. The molecule has 0 aromatic heterocycles. The van der Waals surface area contributed by atoms with Crippen molar-refractivity contribution in [2.45, 2.75) is 38.0 Å². The van der Waals surface area contributed by atoms with Crippen LogP contribution in [0.3, 0.4) is 0 Å². The summed E-state index contributed by atoms with van der Waals surface area (Å²) in [5, 5.41) is 0. The first-order valence-electron chi connectivity index (χ1n) is 11.4. The van der Waals surface area contributed by atoms with Crippen LogP contribution in [0.4, 0.5) is 16.2 Å². The topological polar surface area (TPSA) is 75.9 Å². The Morgan fingerprint density at radius 2 is 1.61 bits per heavy atom. The van der Waals surface area contributed by atoms with Crippen molar-refractivity contribution in [2.75, 3.05) is 11.4 Å². The Morgan fingerprint density at radius 1 is 0.909 bits per heavy atom. The Hall–Kier alpha value is -3.64. The molecular formula is C27H27N3O3. The summed E-state index contributed by atoms with van der Waals surface area (Å²) in [4.78, 5) is 29.5. The lowest BCUT2D eigenvalue weighted by Gasteiger charge is -2.26. The molecule has 2 amide bonds. The minimum Gasteiger partial charge on any atom is -0.456 e. The Morgan fingerprint density at radius 3 is 2.39 bits per heavy atom. The number of esters is 1. The van der Waals surface area contributed by atoms with Gasteiger partial charge in [-0.15, -0.1) is 0 Å². The average molecular weight is 442 g/mol. The molecule has 33 heavy (non-hydrogen) atoms. The quantitative estimate of drug-likeness (QED) is 0.595. The third kappa shape index (κ3) is 4.22. The van der Waals surface area contributed by atoms with Crippen LogP contribution in [0, 0.1) is 0 Å². The number of anilines is 2. The molecular weight excluding hydrogens is 414 g/mol. The minimum absolute atomic E-state index is 0.215. The number of urea groups is 1. The van der Waals surface area contributed by atoms with Crippen molar-refractivity contribution in [3.63, 3.8) is 0 Å². The van der Waals surface area contributed by atoms with E-state index in [4.69, 9.17) is 10.5 Å². The third-order valence-electron chi connectivity index (χ3n) is 6.51. The summed E-state index contributed by atoms with van der Waals surface area (Å²) in [6.07, 6.45) is 1.72. The normalized spacial score (nSPS) is 19.9. The molecule has 168 valence electrons. The molecule has 6 nitrogen and oxygen atoms in total. The van der Waals surface area contributed by atoms with E-state index in [0.717, 1.165) is 42.7 Å². The van der Waals surface area contributed by atoms with Crippen molar-refractivity contribution in [1.82, 2.24) is 4.90 Å². The lowest BCUT2D eigenvalue weighted by atomic mass is 10.0. The Bertz CT molecular complexity index is 1160. The van der Waals surface area contributed by atoms with Crippen molar-refractivity contribution in [2.24, 2.45) is 5.73 Å². The number of nitrogens with two attached hydrogens (primary N) is 1. The number of ether oxygens (including phenoxy) is 1. The number of carbonyl (C=O) groups excluding carboxylic acids is 2. The van der Waals surface area contributed by atoms with Crippen LogP contribution in [0.1, 0.15) is 35.6 Å². The van der Waals surface area contributed by atoms with Gasteiger partial charge >= 0.3 is 12.0 Å². The number of rotatable bonds is 4. The summed E-state index contributed by atoms with van der Waals surface area (Å²) in [5.74, 6) is -0.215. The van der Waals surface area contributed by atoms with Crippen LogP contribution in [0.15, 0.2) is 78.9 Å². The number of hydrogen-bond acceptors (Lipinski definition) is 4. The predicted octanol–water partition coefficient (Wildman–Crippen LogP) is 4.71. The highest BCUT2D eigenvalue weighted by Gasteiger charge is 2.36. The lowest BCUT2D eigenvalue weighted by molar-refractivity contribution is -0.155. The van der Waals surface area contributed by atoms with Gasteiger partial charge in [0.05, 0.1) is 11.4 Å². The summed E-state index contributed by atoms with van der Waals surface area (Å²) < 4.78 is 6.18. The zero-order chi connectivity index (χ0) is 22.8. The summed E-state index contributed by atoms with van der Waals surface area (Å²) in [5.41, 5.74) is 10.0. The number of nitrogens with zero attached hydrogens (tertiary/aromatic N) is 2. The molecule has 5 rings (SSSR count). The number of amides is 2. The third-order valence-corrected chi connectivity index (χ3v) is 6.51. The number of benzene rings is 3. The van der Waals surface area contributed by atoms with E-state index in [1.807, 2.05) is 66.7 Å². The minimum atomic E-state index is -0.563. The van der Waals surface area contributed by atoms with Gasteiger partial charge in [-0.2, -0.15) is 0 Å². The van der Waals surface area contributed by atoms with Gasteiger partial charge in [0.25, 0.3) is 0 Å². The molecule has 0 aliphatic carbocycles. The number of para-hydroxylation sites is 2. The van der Waals surface area contributed by atoms with E-state index < -0.39 is 12.1 Å². The fourth-order valence-electron chi connectivity index (χ4n) is 4.97. The SMILES string of the molecule is NC(=O)N1c2ccccc2C[C@H](OC(=O)C2CCCN2Cc2ccccc2)c2ccccc21. The molecule has 1 fully saturated rings. The van der Waals surface area contributed by atoms with Crippen LogP contribution in [0.5, 0.6) is 0 Å². The van der Waals surface area contributed by atoms with Gasteiger partial charge in [0.1, 0.15) is 12.1 Å². The van der Waals surface area contributed by atoms with Crippen LogP contribution >= 0.6 is 0 Å². The maximum absolute atomic E-state index is 13.4. The van der Waals surface area contributed by atoms with Crippen LogP contribution in [0.2, 0.25) is 0 Å². The molecule has 0 saturated carbocycles. The molecule has 2 atom stereocenters. The fraction of sp³-hybridized carbons (Fsp3) is 0.259. The Balaban J connectivity index is 1.43. The first-order chi connectivity index (χ1) is 16.1. The summed E-state index contributed by atoms with van der Waals surface area (Å²) in [6, 6.07) is 24.5. The number of hydrogen-bond donors (Lipinski definition) is 1. The molecule has 6 heteroatoms. The van der Waals surface area contributed by atoms with E-state index in [9.17, 15) is 9.59 Å². The van der Waals surface area contributed by atoms with Gasteiger partial charge in [0.15, 0.2) is 0 Å². The molecule has 0 radical (unpaired) electrons. The van der Waals surface area contributed by atoms with Gasteiger partial charge in [-0.25, -0.2) is 4.79 Å². The molecule has 1 saturated heterocycles. The van der Waals surface area contributed by atoms with Crippen molar-refractivity contribution in [3.8, 4) is 0 Å². The van der Waals surface area contributed by atoms with Crippen molar-refractivity contribution in [1.29, 1.82) is 0 Å². The monoisotopic (exact) mass is 441 g/mol. The standard InChI is InChI=1S/C27H27N3O3/c28-27(32)30-22-13-6-4-11-20(22)17-25(21-12-5-7-14-23(21)30)33-26(31)24-15-8-16-29(24)18-19-9-2-1-3-10-19/h1-7,9-14,24-25H,8,15-18H2,(H2,28,32)/t24?,25-/m0/s1. The first-order valence-corrected chi connectivity index (χ1v) is 11.4. The van der Waals surface area contributed by atoms with E-state index in [0.29, 0.717) is 12.1 Å². The molecule has 2 aliphatic heterocycles. The Kier molecular flexibility index (Phi) is 5.84. The molecule has 3 aromatic carbocycles. The molecule has 0 spiro atoms. The maximum atomic E-state index is 13.4. The average Bonchev–Trinajstić information content (AvgIpc) is 3.23. The van der Waals surface area contributed by atoms with Gasteiger partial charge in [-0.1, -0.05) is 66.7 Å². The molecule has 2 aliphatic rings. The maximum Gasteiger partial charge on any atom is 0.323 e. The van der Waals surface area contributed by atoms with Gasteiger partial charge in [-0.3, -0.25) is 14.6 Å². The van der Waals surface area contributed by atoms with Crippen molar-refractivity contribution in [3.05, 3.63) is 95.6 Å². The second-order valence-electron chi connectivity index (χ2n) is 8.60. The van der Waals surface area contributed by atoms with E-state index in [1.165, 1.54) is 10.5 Å². The van der Waals surface area contributed by atoms with Gasteiger partial charge in [-0.05, 0) is 42.6 Å². The molecule has 0 bridgehead atoms. The summed E-state index contributed by atoms with van der Waals surface area (Å²) >= 11 is 0. The van der Waals surface area contributed by atoms with E-state index in [2.05, 4.69) is 17.0 Å². The predicted molar refractivity (Wildman–Crippen MR) is 127 cm³/mol. The van der Waals surface area contributed by atoms with E-state index in [-0.39, 0.29) is 12.0 Å². The van der Waals surface area contributed by atoms with Crippen molar-refractivity contribution < 1.29 is 14.3 Å². The largest absolute Gasteiger partial charge is 0.456 e. The van der Waals surface area contributed by atoms with Crippen LogP contribution in [-0.4, -0.2) is 29.5 Å². The highest BCUT2D eigenvalue weighted by atomic mass is 16.5. The summed E-state index contributed by atoms with van der Waals surface area (Å²) in [6.45, 7) is 1.59. The van der Waals surface area contributed by atoms with Crippen molar-refractivity contribution >= 4 is 23.4 Å². The lowest BCUT2D eigenvalue weighted by Crippen LogP contribution is -2.37. The smallest absolute Gasteiger partial charge is 0.323 e. The number of primary amides is 1. The van der Waals surface area contributed by atoms with Crippen LogP contribution in [-0.2, 0) is 22.5 Å². The highest BCUT2D eigenvalue weighted by molar-refractivity contribution is 6.00. The number of likely N-dealkylation sites (tertiary alicyclic amines) is 1. The van der Waals surface area contributed by atoms with Gasteiger partial charge in [0.2, 0.25) is 0 Å². The molecule has 2 heterocycles. The second kappa shape index (κ2) is 9.08. The van der Waals surface area contributed by atoms with Gasteiger partial charge in [0, 0.05) is 18.5 Å². The zero-order valence-corrected chi connectivity index (χ0v) is 18.4. The second-order valence-corrected chi connectivity index (χ2v) is 8.60. The molecule has 2 N–H and O–H groups in total. The zero-order valence-electron chi connectivity index (χ0n) is 18.4. The number of carbonyl (C=O) groups is 2. The summed E-state index contributed by atoms with van der Waals surface area (Å²) in [7, 11) is 0. The van der Waals surface area contributed by atoms with E-state index in [1.54, 1.807) is 0 Å². The fourth-order valence-corrected chi connectivity index (χ4v) is 4.97.